The molecule has 1 saturated heterocycles. The first kappa shape index (κ1) is 17.0. The Bertz CT molecular complexity index is 706. The molecular formula is C20H24FNO2S. The number of likely N-dealkylation sites (tertiary alicyclic amines) is 1. The molecule has 0 amide bonds. The Hall–Kier alpha value is -1.43. The van der Waals surface area contributed by atoms with Gasteiger partial charge < -0.3 is 10.2 Å². The van der Waals surface area contributed by atoms with E-state index < -0.39 is 11.9 Å². The van der Waals surface area contributed by atoms with Gasteiger partial charge in [-0.25, -0.2) is 4.39 Å². The molecule has 5 heteroatoms. The average molecular weight is 361 g/mol. The number of hydrogen-bond acceptors (Lipinski definition) is 4. The summed E-state index contributed by atoms with van der Waals surface area (Å²) in [6.45, 7) is 2.60. The summed E-state index contributed by atoms with van der Waals surface area (Å²) in [4.78, 5) is 3.80. The lowest BCUT2D eigenvalue weighted by molar-refractivity contribution is 0.120. The summed E-state index contributed by atoms with van der Waals surface area (Å²) in [7, 11) is 0. The molecular weight excluding hydrogens is 337 g/mol. The molecule has 4 rings (SSSR count). The second kappa shape index (κ2) is 7.06. The number of hydrogen-bond donors (Lipinski definition) is 2. The maximum absolute atomic E-state index is 13.5. The molecule has 3 unspecified atom stereocenters. The molecule has 1 saturated carbocycles. The van der Waals surface area contributed by atoms with Crippen molar-refractivity contribution in [1.29, 1.82) is 0 Å². The second-order valence-electron chi connectivity index (χ2n) is 7.59. The van der Waals surface area contributed by atoms with Gasteiger partial charge in [0.15, 0.2) is 11.6 Å². The minimum absolute atomic E-state index is 0.372. The smallest absolute Gasteiger partial charge is 0.165 e. The lowest BCUT2D eigenvalue weighted by Crippen LogP contribution is -2.28. The summed E-state index contributed by atoms with van der Waals surface area (Å²) in [5.74, 6) is 1.21. The fourth-order valence-corrected chi connectivity index (χ4v) is 5.45. The van der Waals surface area contributed by atoms with E-state index in [1.165, 1.54) is 36.3 Å². The molecule has 0 spiro atoms. The number of β-amino-alcohol motifs (C(OH)–C–C–N with tert-alkyl or cyclic N) is 1. The number of nitrogens with zero attached hydrogens (tertiary/aromatic N) is 1. The van der Waals surface area contributed by atoms with E-state index in [9.17, 15) is 14.6 Å². The van der Waals surface area contributed by atoms with Crippen LogP contribution in [-0.4, -0.2) is 34.7 Å². The Morgan fingerprint density at radius 3 is 2.60 bits per heavy atom. The van der Waals surface area contributed by atoms with Gasteiger partial charge in [-0.2, -0.15) is 0 Å². The maximum Gasteiger partial charge on any atom is 0.165 e. The van der Waals surface area contributed by atoms with Crippen LogP contribution >= 0.6 is 11.3 Å². The number of phenols is 1. The largest absolute Gasteiger partial charge is 0.505 e. The Kier molecular flexibility index (Phi) is 4.80. The summed E-state index contributed by atoms with van der Waals surface area (Å²) in [6.07, 6.45) is 3.06. The molecule has 2 heterocycles. The number of rotatable bonds is 5. The van der Waals surface area contributed by atoms with Gasteiger partial charge in [-0.05, 0) is 66.2 Å². The number of aliphatic hydroxyl groups is 1. The van der Waals surface area contributed by atoms with Crippen molar-refractivity contribution >= 4 is 11.3 Å². The van der Waals surface area contributed by atoms with E-state index in [2.05, 4.69) is 22.4 Å². The van der Waals surface area contributed by atoms with Gasteiger partial charge in [-0.1, -0.05) is 12.1 Å². The highest BCUT2D eigenvalue weighted by molar-refractivity contribution is 7.09. The molecule has 2 aliphatic rings. The lowest BCUT2D eigenvalue weighted by Gasteiger charge is -2.22. The van der Waals surface area contributed by atoms with Gasteiger partial charge in [0.25, 0.3) is 0 Å². The Morgan fingerprint density at radius 1 is 1.20 bits per heavy atom. The quantitative estimate of drug-likeness (QED) is 0.851. The van der Waals surface area contributed by atoms with Gasteiger partial charge in [0, 0.05) is 24.5 Å². The fraction of sp³-hybridized carbons (Fsp3) is 0.500. The van der Waals surface area contributed by atoms with Crippen LogP contribution < -0.4 is 0 Å². The van der Waals surface area contributed by atoms with E-state index in [0.717, 1.165) is 30.8 Å². The summed E-state index contributed by atoms with van der Waals surface area (Å²) >= 11 is 1.85. The molecule has 1 aromatic carbocycles. The van der Waals surface area contributed by atoms with E-state index in [0.29, 0.717) is 12.1 Å². The van der Waals surface area contributed by atoms with Crippen molar-refractivity contribution in [1.82, 2.24) is 4.90 Å². The van der Waals surface area contributed by atoms with E-state index in [-0.39, 0.29) is 5.75 Å². The molecule has 3 atom stereocenters. The zero-order valence-corrected chi connectivity index (χ0v) is 15.0. The van der Waals surface area contributed by atoms with E-state index >= 15 is 0 Å². The van der Waals surface area contributed by atoms with Crippen LogP contribution in [0.15, 0.2) is 35.7 Å². The molecule has 2 fully saturated rings. The highest BCUT2D eigenvalue weighted by Crippen LogP contribution is 2.43. The minimum atomic E-state index is -0.712. The minimum Gasteiger partial charge on any atom is -0.505 e. The van der Waals surface area contributed by atoms with Crippen LogP contribution in [-0.2, 0) is 6.42 Å². The molecule has 1 aromatic heterocycles. The summed E-state index contributed by atoms with van der Waals surface area (Å²) < 4.78 is 13.5. The van der Waals surface area contributed by atoms with Crippen LogP contribution in [0.25, 0.3) is 0 Å². The summed E-state index contributed by atoms with van der Waals surface area (Å²) in [5.41, 5.74) is 0.530. The van der Waals surface area contributed by atoms with Crippen LogP contribution in [0, 0.1) is 23.6 Å². The van der Waals surface area contributed by atoms with E-state index in [1.807, 2.05) is 11.3 Å². The second-order valence-corrected chi connectivity index (χ2v) is 8.62. The lowest BCUT2D eigenvalue weighted by atomic mass is 10.0. The average Bonchev–Trinajstić information content (AvgIpc) is 3.27. The number of phenolic OH excluding ortho intramolecular Hbond substituents is 1. The predicted molar refractivity (Wildman–Crippen MR) is 97.2 cm³/mol. The van der Waals surface area contributed by atoms with E-state index in [1.54, 1.807) is 6.07 Å². The first-order valence-corrected chi connectivity index (χ1v) is 9.87. The van der Waals surface area contributed by atoms with Crippen LogP contribution in [0.2, 0.25) is 0 Å². The Balaban J connectivity index is 1.30. The molecule has 134 valence electrons. The number of aromatic hydroxyl groups is 1. The van der Waals surface area contributed by atoms with Crippen molar-refractivity contribution in [3.05, 3.63) is 52.0 Å². The third-order valence-corrected chi connectivity index (χ3v) is 6.68. The molecule has 25 heavy (non-hydrogen) atoms. The SMILES string of the molecule is Oc1ccc(C(O)CN2CC3CC(Cc4cccs4)CC3C2)cc1F. The van der Waals surface area contributed by atoms with Crippen LogP contribution in [0.4, 0.5) is 4.39 Å². The number of fused-ring (bicyclic) bond motifs is 1. The standard InChI is InChI=1S/C20H24FNO2S/c21-18-9-14(3-4-19(18)23)20(24)12-22-10-15-6-13(7-16(15)11-22)8-17-2-1-5-25-17/h1-5,9,13,15-16,20,23-24H,6-8,10-12H2. The highest BCUT2D eigenvalue weighted by atomic mass is 32.1. The van der Waals surface area contributed by atoms with Gasteiger partial charge in [0.05, 0.1) is 6.10 Å². The Labute approximate surface area is 151 Å². The van der Waals surface area contributed by atoms with Crippen molar-refractivity contribution in [2.75, 3.05) is 19.6 Å². The predicted octanol–water partition coefficient (Wildman–Crippen LogP) is 3.83. The number of halogens is 1. The van der Waals surface area contributed by atoms with Gasteiger partial charge in [0.1, 0.15) is 0 Å². The molecule has 0 bridgehead atoms. The zero-order valence-electron chi connectivity index (χ0n) is 14.1. The first-order chi connectivity index (χ1) is 12.1. The maximum atomic E-state index is 13.5. The van der Waals surface area contributed by atoms with Crippen molar-refractivity contribution in [3.63, 3.8) is 0 Å². The third-order valence-electron chi connectivity index (χ3n) is 5.78. The van der Waals surface area contributed by atoms with Crippen LogP contribution in [0.5, 0.6) is 5.75 Å². The van der Waals surface area contributed by atoms with Gasteiger partial charge in [-0.3, -0.25) is 4.90 Å². The first-order valence-electron chi connectivity index (χ1n) is 8.99. The van der Waals surface area contributed by atoms with Crippen molar-refractivity contribution in [2.45, 2.75) is 25.4 Å². The summed E-state index contributed by atoms with van der Waals surface area (Å²) in [6, 6.07) is 8.50. The van der Waals surface area contributed by atoms with Crippen molar-refractivity contribution < 1.29 is 14.6 Å². The van der Waals surface area contributed by atoms with E-state index in [4.69, 9.17) is 0 Å². The molecule has 1 aliphatic heterocycles. The zero-order chi connectivity index (χ0) is 17.4. The van der Waals surface area contributed by atoms with Gasteiger partial charge in [0.2, 0.25) is 0 Å². The highest BCUT2D eigenvalue weighted by Gasteiger charge is 2.41. The van der Waals surface area contributed by atoms with Gasteiger partial charge in [-0.15, -0.1) is 11.3 Å². The molecule has 3 nitrogen and oxygen atoms in total. The van der Waals surface area contributed by atoms with Crippen LogP contribution in [0.3, 0.4) is 0 Å². The topological polar surface area (TPSA) is 43.7 Å². The van der Waals surface area contributed by atoms with Crippen LogP contribution in [0.1, 0.15) is 29.4 Å². The fourth-order valence-electron chi connectivity index (χ4n) is 4.63. The molecule has 2 aromatic rings. The number of benzene rings is 1. The normalized spacial score (nSPS) is 27.5. The van der Waals surface area contributed by atoms with Crippen molar-refractivity contribution in [2.24, 2.45) is 17.8 Å². The third kappa shape index (κ3) is 3.73. The monoisotopic (exact) mass is 361 g/mol. The number of thiophene rings is 1. The summed E-state index contributed by atoms with van der Waals surface area (Å²) in [5, 5.41) is 21.8. The number of aliphatic hydroxyl groups excluding tert-OH is 1. The molecule has 1 aliphatic carbocycles. The van der Waals surface area contributed by atoms with Crippen molar-refractivity contribution in [3.8, 4) is 5.75 Å². The molecule has 0 radical (unpaired) electrons. The molecule has 2 N–H and O–H groups in total. The van der Waals surface area contributed by atoms with Gasteiger partial charge >= 0.3 is 0 Å². The Morgan fingerprint density at radius 2 is 1.96 bits per heavy atom.